The van der Waals surface area contributed by atoms with Crippen molar-refractivity contribution in [2.45, 2.75) is 45.1 Å². The topological polar surface area (TPSA) is 47.6 Å². The minimum Gasteiger partial charge on any atom is -0.493 e. The van der Waals surface area contributed by atoms with Crippen LogP contribution in [0.2, 0.25) is 0 Å². The molecule has 2 rings (SSSR count). The number of benzene rings is 1. The van der Waals surface area contributed by atoms with Gasteiger partial charge in [-0.05, 0) is 49.3 Å². The van der Waals surface area contributed by atoms with E-state index in [9.17, 15) is 4.79 Å². The van der Waals surface area contributed by atoms with Crippen LogP contribution in [0.5, 0.6) is 11.5 Å². The maximum atomic E-state index is 12.1. The number of nitrogens with one attached hydrogen (secondary N) is 1. The summed E-state index contributed by atoms with van der Waals surface area (Å²) in [4.78, 5) is 12.1. The Kier molecular flexibility index (Phi) is 5.48. The van der Waals surface area contributed by atoms with Gasteiger partial charge in [0.2, 0.25) is 5.91 Å². The molecule has 0 aromatic heterocycles. The molecule has 0 aliphatic heterocycles. The summed E-state index contributed by atoms with van der Waals surface area (Å²) in [7, 11) is 3.21. The fraction of sp³-hybridized carbons (Fsp3) is 0.588. The molecule has 0 unspecified atom stereocenters. The maximum absolute atomic E-state index is 12.1. The van der Waals surface area contributed by atoms with E-state index in [0.29, 0.717) is 24.0 Å². The van der Waals surface area contributed by atoms with Crippen molar-refractivity contribution in [2.75, 3.05) is 14.2 Å². The zero-order chi connectivity index (χ0) is 15.2. The molecule has 0 atom stereocenters. The SMILES string of the molecule is COc1ccc(CC(=O)NC2CCC(C)CC2)cc1OC. The number of methoxy groups -OCH3 is 2. The molecule has 1 N–H and O–H groups in total. The third-order valence-electron chi connectivity index (χ3n) is 4.19. The van der Waals surface area contributed by atoms with Crippen LogP contribution in [-0.4, -0.2) is 26.2 Å². The molecule has 0 spiro atoms. The van der Waals surface area contributed by atoms with Crippen LogP contribution in [0.4, 0.5) is 0 Å². The number of rotatable bonds is 5. The second-order valence-electron chi connectivity index (χ2n) is 5.89. The molecular formula is C17H25NO3. The standard InChI is InChI=1S/C17H25NO3/c1-12-4-7-14(8-5-12)18-17(19)11-13-6-9-15(20-2)16(10-13)21-3/h6,9-10,12,14H,4-5,7-8,11H2,1-3H3,(H,18,19). The van der Waals surface area contributed by atoms with E-state index >= 15 is 0 Å². The predicted octanol–water partition coefficient (Wildman–Crippen LogP) is 2.94. The Hall–Kier alpha value is -1.71. The zero-order valence-corrected chi connectivity index (χ0v) is 13.1. The van der Waals surface area contributed by atoms with E-state index in [-0.39, 0.29) is 5.91 Å². The fourth-order valence-electron chi connectivity index (χ4n) is 2.86. The number of amides is 1. The largest absolute Gasteiger partial charge is 0.493 e. The molecule has 0 radical (unpaired) electrons. The average molecular weight is 291 g/mol. The maximum Gasteiger partial charge on any atom is 0.224 e. The molecule has 1 saturated carbocycles. The Morgan fingerprint density at radius 3 is 2.43 bits per heavy atom. The highest BCUT2D eigenvalue weighted by molar-refractivity contribution is 5.79. The second kappa shape index (κ2) is 7.34. The molecular weight excluding hydrogens is 266 g/mol. The van der Waals surface area contributed by atoms with E-state index < -0.39 is 0 Å². The van der Waals surface area contributed by atoms with E-state index in [1.807, 2.05) is 18.2 Å². The number of carbonyl (C=O) groups excluding carboxylic acids is 1. The van der Waals surface area contributed by atoms with E-state index in [4.69, 9.17) is 9.47 Å². The molecule has 1 aromatic carbocycles. The first kappa shape index (κ1) is 15.7. The smallest absolute Gasteiger partial charge is 0.224 e. The van der Waals surface area contributed by atoms with Gasteiger partial charge in [0.15, 0.2) is 11.5 Å². The minimum absolute atomic E-state index is 0.0850. The van der Waals surface area contributed by atoms with Crippen LogP contribution >= 0.6 is 0 Å². The van der Waals surface area contributed by atoms with Gasteiger partial charge in [0, 0.05) is 6.04 Å². The van der Waals surface area contributed by atoms with E-state index in [0.717, 1.165) is 24.3 Å². The molecule has 1 aliphatic rings. The predicted molar refractivity (Wildman–Crippen MR) is 82.8 cm³/mol. The van der Waals surface area contributed by atoms with Crippen molar-refractivity contribution >= 4 is 5.91 Å². The van der Waals surface area contributed by atoms with Gasteiger partial charge in [0.05, 0.1) is 20.6 Å². The monoisotopic (exact) mass is 291 g/mol. The highest BCUT2D eigenvalue weighted by Gasteiger charge is 2.19. The summed E-state index contributed by atoms with van der Waals surface area (Å²) in [5, 5.41) is 3.14. The van der Waals surface area contributed by atoms with Gasteiger partial charge in [0.25, 0.3) is 0 Å². The van der Waals surface area contributed by atoms with Crippen molar-refractivity contribution in [2.24, 2.45) is 5.92 Å². The summed E-state index contributed by atoms with van der Waals surface area (Å²) in [6.07, 6.45) is 4.99. The van der Waals surface area contributed by atoms with Crippen LogP contribution in [0.3, 0.4) is 0 Å². The normalized spacial score (nSPS) is 21.7. The summed E-state index contributed by atoms with van der Waals surface area (Å²) in [6.45, 7) is 2.28. The number of carbonyl (C=O) groups is 1. The molecule has 0 bridgehead atoms. The average Bonchev–Trinajstić information content (AvgIpc) is 2.49. The Morgan fingerprint density at radius 2 is 1.81 bits per heavy atom. The number of hydrogen-bond donors (Lipinski definition) is 1. The van der Waals surface area contributed by atoms with Crippen LogP contribution < -0.4 is 14.8 Å². The van der Waals surface area contributed by atoms with Crippen LogP contribution in [0, 0.1) is 5.92 Å². The summed E-state index contributed by atoms with van der Waals surface area (Å²) in [6, 6.07) is 5.95. The summed E-state index contributed by atoms with van der Waals surface area (Å²) in [5.41, 5.74) is 0.939. The van der Waals surface area contributed by atoms with E-state index in [1.54, 1.807) is 14.2 Å². The third-order valence-corrected chi connectivity index (χ3v) is 4.19. The molecule has 1 aliphatic carbocycles. The number of hydrogen-bond acceptors (Lipinski definition) is 3. The van der Waals surface area contributed by atoms with Gasteiger partial charge in [-0.15, -0.1) is 0 Å². The fourth-order valence-corrected chi connectivity index (χ4v) is 2.86. The molecule has 1 aromatic rings. The molecule has 116 valence electrons. The van der Waals surface area contributed by atoms with E-state index in [1.165, 1.54) is 12.8 Å². The molecule has 4 heteroatoms. The Morgan fingerprint density at radius 1 is 1.14 bits per heavy atom. The Labute approximate surface area is 126 Å². The van der Waals surface area contributed by atoms with Crippen molar-refractivity contribution in [1.29, 1.82) is 0 Å². The zero-order valence-electron chi connectivity index (χ0n) is 13.1. The lowest BCUT2D eigenvalue weighted by atomic mass is 9.87. The van der Waals surface area contributed by atoms with Gasteiger partial charge in [-0.1, -0.05) is 13.0 Å². The molecule has 1 amide bonds. The lowest BCUT2D eigenvalue weighted by molar-refractivity contribution is -0.121. The van der Waals surface area contributed by atoms with Gasteiger partial charge in [0.1, 0.15) is 0 Å². The van der Waals surface area contributed by atoms with Crippen LogP contribution in [-0.2, 0) is 11.2 Å². The molecule has 0 saturated heterocycles. The summed E-state index contributed by atoms with van der Waals surface area (Å²) < 4.78 is 10.5. The summed E-state index contributed by atoms with van der Waals surface area (Å²) in [5.74, 6) is 2.22. The van der Waals surface area contributed by atoms with Crippen molar-refractivity contribution in [3.05, 3.63) is 23.8 Å². The van der Waals surface area contributed by atoms with Gasteiger partial charge in [-0.25, -0.2) is 0 Å². The van der Waals surface area contributed by atoms with Gasteiger partial charge < -0.3 is 14.8 Å². The number of ether oxygens (including phenoxy) is 2. The third kappa shape index (κ3) is 4.38. The molecule has 0 heterocycles. The van der Waals surface area contributed by atoms with Crippen LogP contribution in [0.1, 0.15) is 38.2 Å². The lowest BCUT2D eigenvalue weighted by Crippen LogP contribution is -2.38. The lowest BCUT2D eigenvalue weighted by Gasteiger charge is -2.26. The van der Waals surface area contributed by atoms with Crippen LogP contribution in [0.25, 0.3) is 0 Å². The molecule has 21 heavy (non-hydrogen) atoms. The molecule has 4 nitrogen and oxygen atoms in total. The van der Waals surface area contributed by atoms with Gasteiger partial charge in [-0.3, -0.25) is 4.79 Å². The van der Waals surface area contributed by atoms with Crippen LogP contribution in [0.15, 0.2) is 18.2 Å². The quantitative estimate of drug-likeness (QED) is 0.907. The highest BCUT2D eigenvalue weighted by atomic mass is 16.5. The van der Waals surface area contributed by atoms with Gasteiger partial charge >= 0.3 is 0 Å². The minimum atomic E-state index is 0.0850. The van der Waals surface area contributed by atoms with Crippen molar-refractivity contribution in [1.82, 2.24) is 5.32 Å². The van der Waals surface area contributed by atoms with E-state index in [2.05, 4.69) is 12.2 Å². The molecule has 1 fully saturated rings. The van der Waals surface area contributed by atoms with Crippen molar-refractivity contribution in [3.63, 3.8) is 0 Å². The highest BCUT2D eigenvalue weighted by Crippen LogP contribution is 2.28. The second-order valence-corrected chi connectivity index (χ2v) is 5.89. The van der Waals surface area contributed by atoms with Crippen molar-refractivity contribution in [3.8, 4) is 11.5 Å². The Bertz CT molecular complexity index is 479. The first-order valence-electron chi connectivity index (χ1n) is 7.62. The summed E-state index contributed by atoms with van der Waals surface area (Å²) >= 11 is 0. The first-order chi connectivity index (χ1) is 10.1. The van der Waals surface area contributed by atoms with Gasteiger partial charge in [-0.2, -0.15) is 0 Å². The van der Waals surface area contributed by atoms with Crippen molar-refractivity contribution < 1.29 is 14.3 Å². The Balaban J connectivity index is 1.90. The first-order valence-corrected chi connectivity index (χ1v) is 7.62.